The Morgan fingerprint density at radius 3 is 1.98 bits per heavy atom. The van der Waals surface area contributed by atoms with Crippen LogP contribution in [0.15, 0.2) is 36.6 Å². The number of rotatable bonds is 9. The average Bonchev–Trinajstić information content (AvgIpc) is 3.40. The molecule has 1 aliphatic heterocycles. The van der Waals surface area contributed by atoms with Gasteiger partial charge in [0.1, 0.15) is 0 Å². The fourth-order valence-corrected chi connectivity index (χ4v) is 6.70. The largest absolute Gasteiger partial charge is 0.505 e. The highest BCUT2D eigenvalue weighted by Crippen LogP contribution is 2.56. The monoisotopic (exact) mass is 586 g/mol. The van der Waals surface area contributed by atoms with E-state index in [1.54, 1.807) is 34.7 Å². The van der Waals surface area contributed by atoms with Gasteiger partial charge in [-0.15, -0.1) is 0 Å². The summed E-state index contributed by atoms with van der Waals surface area (Å²) in [6.45, 7) is 11.1. The predicted octanol–water partition coefficient (Wildman–Crippen LogP) is 6.22. The summed E-state index contributed by atoms with van der Waals surface area (Å²) in [4.78, 5) is 13.8. The molecule has 0 aromatic heterocycles. The quantitative estimate of drug-likeness (QED) is 0.193. The molecule has 41 heavy (non-hydrogen) atoms. The number of benzene rings is 2. The summed E-state index contributed by atoms with van der Waals surface area (Å²) in [7, 11) is 5.34. The minimum absolute atomic E-state index is 0.0760. The standard InChI is InChI=1S/C31H42O9Si/c1-31(2,3)41(9,10)40-28-19(11-12-33-4)27(30(32)37-8)26(20-15-22-23(16-21(20)28)39-17-38-22)18-13-24(34-5)29(36-7)25(14-18)35-6/h11-16,19,26-28H,17H2,1-10H3/b12-11+/t19-,26+,27+,28+/m0/s1. The number of ether oxygens (including phenoxy) is 7. The molecule has 10 heteroatoms. The Hall–Kier alpha value is -3.37. The molecule has 0 N–H and O–H groups in total. The van der Waals surface area contributed by atoms with Gasteiger partial charge < -0.3 is 37.6 Å². The summed E-state index contributed by atoms with van der Waals surface area (Å²) in [5.41, 5.74) is 2.59. The Morgan fingerprint density at radius 1 is 0.902 bits per heavy atom. The Labute approximate surface area is 243 Å². The number of hydrogen-bond donors (Lipinski definition) is 0. The molecule has 0 unspecified atom stereocenters. The van der Waals surface area contributed by atoms with Crippen LogP contribution in [0, 0.1) is 11.8 Å². The van der Waals surface area contributed by atoms with E-state index < -0.39 is 32.2 Å². The molecule has 4 rings (SSSR count). The molecule has 0 bridgehead atoms. The molecule has 1 aliphatic carbocycles. The van der Waals surface area contributed by atoms with Gasteiger partial charge in [0, 0.05) is 11.8 Å². The van der Waals surface area contributed by atoms with Crippen LogP contribution < -0.4 is 23.7 Å². The molecular formula is C31H42O9Si. The van der Waals surface area contributed by atoms with Crippen LogP contribution in [0.25, 0.3) is 0 Å². The molecule has 0 spiro atoms. The van der Waals surface area contributed by atoms with Crippen molar-refractivity contribution < 1.29 is 42.4 Å². The first kappa shape index (κ1) is 30.6. The second-order valence-corrected chi connectivity index (χ2v) is 16.5. The fraction of sp³-hybridized carbons (Fsp3) is 0.516. The first-order valence-electron chi connectivity index (χ1n) is 13.6. The van der Waals surface area contributed by atoms with Crippen LogP contribution in [0.1, 0.15) is 49.5 Å². The first-order valence-corrected chi connectivity index (χ1v) is 16.5. The highest BCUT2D eigenvalue weighted by atomic mass is 28.4. The van der Waals surface area contributed by atoms with E-state index in [-0.39, 0.29) is 17.8 Å². The minimum atomic E-state index is -2.34. The SMILES string of the molecule is CO/C=C/[C@H]1[C@@H](C(=O)OC)[C@H](c2cc(OC)c(OC)c(OC)c2)c2cc3c(cc2[C@@H]1O[Si](C)(C)C(C)(C)C)OCO3. The molecule has 0 radical (unpaired) electrons. The van der Waals surface area contributed by atoms with Crippen molar-refractivity contribution in [2.24, 2.45) is 11.8 Å². The van der Waals surface area contributed by atoms with Crippen molar-refractivity contribution >= 4 is 14.3 Å². The maximum Gasteiger partial charge on any atom is 0.310 e. The topological polar surface area (TPSA) is 90.9 Å². The smallest absolute Gasteiger partial charge is 0.310 e. The van der Waals surface area contributed by atoms with Gasteiger partial charge in [0.05, 0.1) is 53.8 Å². The summed E-state index contributed by atoms with van der Waals surface area (Å²) in [5, 5.41) is -0.0760. The van der Waals surface area contributed by atoms with E-state index in [4.69, 9.17) is 37.6 Å². The van der Waals surface area contributed by atoms with E-state index in [1.807, 2.05) is 30.3 Å². The molecule has 9 nitrogen and oxygen atoms in total. The van der Waals surface area contributed by atoms with Crippen LogP contribution in [0.2, 0.25) is 18.1 Å². The zero-order valence-corrected chi connectivity index (χ0v) is 26.7. The molecule has 2 aromatic carbocycles. The van der Waals surface area contributed by atoms with Gasteiger partial charge in [-0.1, -0.05) is 20.8 Å². The van der Waals surface area contributed by atoms with E-state index in [9.17, 15) is 4.79 Å². The molecular weight excluding hydrogens is 544 g/mol. The third-order valence-electron chi connectivity index (χ3n) is 8.53. The second-order valence-electron chi connectivity index (χ2n) is 11.8. The van der Waals surface area contributed by atoms with Gasteiger partial charge in [0.25, 0.3) is 0 Å². The number of fused-ring (bicyclic) bond motifs is 2. The van der Waals surface area contributed by atoms with Crippen molar-refractivity contribution in [3.05, 3.63) is 53.3 Å². The Balaban J connectivity index is 2.06. The number of carbonyl (C=O) groups is 1. The van der Waals surface area contributed by atoms with E-state index in [0.29, 0.717) is 28.7 Å². The van der Waals surface area contributed by atoms with Gasteiger partial charge in [0.15, 0.2) is 31.3 Å². The van der Waals surface area contributed by atoms with Crippen LogP contribution in [0.4, 0.5) is 0 Å². The second kappa shape index (κ2) is 11.9. The van der Waals surface area contributed by atoms with E-state index in [1.165, 1.54) is 7.11 Å². The predicted molar refractivity (Wildman–Crippen MR) is 157 cm³/mol. The van der Waals surface area contributed by atoms with E-state index >= 15 is 0 Å². The average molecular weight is 587 g/mol. The molecule has 224 valence electrons. The van der Waals surface area contributed by atoms with Crippen molar-refractivity contribution in [1.29, 1.82) is 0 Å². The van der Waals surface area contributed by atoms with Crippen molar-refractivity contribution in [1.82, 2.24) is 0 Å². The molecule has 0 saturated heterocycles. The van der Waals surface area contributed by atoms with Crippen molar-refractivity contribution in [3.63, 3.8) is 0 Å². The van der Waals surface area contributed by atoms with Crippen LogP contribution >= 0.6 is 0 Å². The third kappa shape index (κ3) is 5.59. The van der Waals surface area contributed by atoms with Crippen LogP contribution in [-0.4, -0.2) is 56.6 Å². The highest BCUT2D eigenvalue weighted by molar-refractivity contribution is 6.74. The van der Waals surface area contributed by atoms with Gasteiger partial charge in [-0.3, -0.25) is 4.79 Å². The lowest BCUT2D eigenvalue weighted by Gasteiger charge is -2.47. The molecule has 0 saturated carbocycles. The van der Waals surface area contributed by atoms with Crippen molar-refractivity contribution in [2.45, 2.75) is 50.9 Å². The lowest BCUT2D eigenvalue weighted by atomic mass is 9.65. The van der Waals surface area contributed by atoms with E-state index in [2.05, 4.69) is 33.9 Å². The lowest BCUT2D eigenvalue weighted by Crippen LogP contribution is -2.47. The minimum Gasteiger partial charge on any atom is -0.505 e. The lowest BCUT2D eigenvalue weighted by molar-refractivity contribution is -0.149. The maximum atomic E-state index is 13.8. The van der Waals surface area contributed by atoms with Crippen molar-refractivity contribution in [2.75, 3.05) is 42.3 Å². The molecule has 0 amide bonds. The molecule has 2 aliphatic rings. The van der Waals surface area contributed by atoms with Crippen LogP contribution in [0.3, 0.4) is 0 Å². The third-order valence-corrected chi connectivity index (χ3v) is 13.0. The summed E-state index contributed by atoms with van der Waals surface area (Å²) in [6, 6.07) is 7.70. The van der Waals surface area contributed by atoms with Gasteiger partial charge >= 0.3 is 5.97 Å². The molecule has 1 heterocycles. The molecule has 0 fully saturated rings. The summed E-state index contributed by atoms with van der Waals surface area (Å²) in [5.74, 6) is 0.709. The van der Waals surface area contributed by atoms with E-state index in [0.717, 1.165) is 16.7 Å². The zero-order chi connectivity index (χ0) is 30.1. The van der Waals surface area contributed by atoms with Gasteiger partial charge in [-0.05, 0) is 65.2 Å². The summed E-state index contributed by atoms with van der Waals surface area (Å²) < 4.78 is 46.6. The first-order chi connectivity index (χ1) is 19.4. The van der Waals surface area contributed by atoms with Crippen LogP contribution in [-0.2, 0) is 18.7 Å². The summed E-state index contributed by atoms with van der Waals surface area (Å²) >= 11 is 0. The normalized spacial score (nSPS) is 21.8. The summed E-state index contributed by atoms with van der Waals surface area (Å²) in [6.07, 6.45) is 3.03. The number of carbonyl (C=O) groups excluding carboxylic acids is 1. The Bertz CT molecular complexity index is 1270. The van der Waals surface area contributed by atoms with Gasteiger partial charge in [-0.2, -0.15) is 0 Å². The maximum absolute atomic E-state index is 13.8. The zero-order valence-electron chi connectivity index (χ0n) is 25.7. The Kier molecular flexibility index (Phi) is 8.84. The van der Waals surface area contributed by atoms with Crippen LogP contribution in [0.5, 0.6) is 28.7 Å². The fourth-order valence-electron chi connectivity index (χ4n) is 5.42. The highest BCUT2D eigenvalue weighted by Gasteiger charge is 2.51. The molecule has 2 aromatic rings. The number of hydrogen-bond acceptors (Lipinski definition) is 9. The van der Waals surface area contributed by atoms with Crippen molar-refractivity contribution in [3.8, 4) is 28.7 Å². The van der Waals surface area contributed by atoms with Gasteiger partial charge in [0.2, 0.25) is 12.5 Å². The Morgan fingerprint density at radius 2 is 1.49 bits per heavy atom. The number of esters is 1. The molecule has 4 atom stereocenters. The number of methoxy groups -OCH3 is 5. The van der Waals surface area contributed by atoms with Gasteiger partial charge in [-0.25, -0.2) is 0 Å².